The third-order valence-electron chi connectivity index (χ3n) is 2.71. The van der Waals surface area contributed by atoms with Crippen molar-refractivity contribution in [2.45, 2.75) is 0 Å². The van der Waals surface area contributed by atoms with E-state index < -0.39 is 0 Å². The van der Waals surface area contributed by atoms with Crippen LogP contribution >= 0.6 is 22.7 Å². The van der Waals surface area contributed by atoms with Crippen LogP contribution in [0.5, 0.6) is 0 Å². The lowest BCUT2D eigenvalue weighted by molar-refractivity contribution is 0.979. The Morgan fingerprint density at radius 2 is 2.22 bits per heavy atom. The first-order valence-electron chi connectivity index (χ1n) is 5.42. The average molecular weight is 272 g/mol. The van der Waals surface area contributed by atoms with Crippen molar-refractivity contribution >= 4 is 27.6 Å². The summed E-state index contributed by atoms with van der Waals surface area (Å²) < 4.78 is 1.85. The molecule has 18 heavy (non-hydrogen) atoms. The SMILES string of the molecule is c1cc(-c2nn3cc(-c4ccsc4)nc3s2)c[nH]1. The van der Waals surface area contributed by atoms with Crippen LogP contribution in [0.3, 0.4) is 0 Å². The summed E-state index contributed by atoms with van der Waals surface area (Å²) in [7, 11) is 0. The van der Waals surface area contributed by atoms with Crippen molar-refractivity contribution < 1.29 is 0 Å². The van der Waals surface area contributed by atoms with Gasteiger partial charge in [-0.3, -0.25) is 0 Å². The lowest BCUT2D eigenvalue weighted by atomic mass is 10.3. The maximum Gasteiger partial charge on any atom is 0.213 e. The number of hydrogen-bond acceptors (Lipinski definition) is 4. The number of rotatable bonds is 2. The van der Waals surface area contributed by atoms with E-state index >= 15 is 0 Å². The van der Waals surface area contributed by atoms with Crippen LogP contribution in [-0.4, -0.2) is 19.6 Å². The Balaban J connectivity index is 1.82. The molecule has 0 fully saturated rings. The van der Waals surface area contributed by atoms with Crippen molar-refractivity contribution in [3.05, 3.63) is 41.5 Å². The minimum absolute atomic E-state index is 0.924. The summed E-state index contributed by atoms with van der Waals surface area (Å²) in [5.41, 5.74) is 3.24. The van der Waals surface area contributed by atoms with Crippen LogP contribution in [0.25, 0.3) is 26.8 Å². The molecule has 0 aliphatic rings. The van der Waals surface area contributed by atoms with Crippen LogP contribution in [0.1, 0.15) is 0 Å². The van der Waals surface area contributed by atoms with E-state index in [4.69, 9.17) is 0 Å². The number of fused-ring (bicyclic) bond motifs is 1. The molecular weight excluding hydrogens is 264 g/mol. The van der Waals surface area contributed by atoms with E-state index in [2.05, 4.69) is 31.9 Å². The number of aromatic nitrogens is 4. The van der Waals surface area contributed by atoms with Gasteiger partial charge in [-0.1, -0.05) is 11.3 Å². The van der Waals surface area contributed by atoms with Crippen LogP contribution in [0.15, 0.2) is 41.5 Å². The molecule has 4 aromatic heterocycles. The molecule has 0 saturated carbocycles. The van der Waals surface area contributed by atoms with E-state index in [9.17, 15) is 0 Å². The van der Waals surface area contributed by atoms with E-state index in [-0.39, 0.29) is 0 Å². The van der Waals surface area contributed by atoms with Gasteiger partial charge in [0.15, 0.2) is 0 Å². The molecule has 1 N–H and O–H groups in total. The summed E-state index contributed by atoms with van der Waals surface area (Å²) in [4.78, 5) is 8.56. The van der Waals surface area contributed by atoms with Gasteiger partial charge in [0.05, 0.1) is 11.9 Å². The van der Waals surface area contributed by atoms with Gasteiger partial charge >= 0.3 is 0 Å². The standard InChI is InChI=1S/C12H8N4S2/c1-3-13-5-8(1)11-15-16-6-10(14-12(16)18-11)9-2-4-17-7-9/h1-7,13H. The molecule has 4 rings (SSSR count). The zero-order chi connectivity index (χ0) is 11.9. The minimum Gasteiger partial charge on any atom is -0.367 e. The summed E-state index contributed by atoms with van der Waals surface area (Å²) in [6.07, 6.45) is 5.82. The van der Waals surface area contributed by atoms with Gasteiger partial charge < -0.3 is 4.98 Å². The molecule has 0 atom stereocenters. The molecule has 4 heterocycles. The van der Waals surface area contributed by atoms with Crippen molar-refractivity contribution in [3.63, 3.8) is 0 Å². The second kappa shape index (κ2) is 3.79. The molecule has 88 valence electrons. The fraction of sp³-hybridized carbons (Fsp3) is 0. The van der Waals surface area contributed by atoms with E-state index in [1.807, 2.05) is 29.2 Å². The maximum absolute atomic E-state index is 4.60. The average Bonchev–Trinajstić information content (AvgIpc) is 3.13. The second-order valence-corrected chi connectivity index (χ2v) is 5.61. The quantitative estimate of drug-likeness (QED) is 0.607. The Labute approximate surface area is 111 Å². The lowest BCUT2D eigenvalue weighted by Gasteiger charge is -1.87. The van der Waals surface area contributed by atoms with Crippen molar-refractivity contribution in [2.75, 3.05) is 0 Å². The summed E-state index contributed by atoms with van der Waals surface area (Å²) >= 11 is 3.27. The van der Waals surface area contributed by atoms with Gasteiger partial charge in [0.25, 0.3) is 0 Å². The van der Waals surface area contributed by atoms with Crippen molar-refractivity contribution in [2.24, 2.45) is 0 Å². The largest absolute Gasteiger partial charge is 0.367 e. The van der Waals surface area contributed by atoms with E-state index in [1.165, 1.54) is 0 Å². The summed E-state index contributed by atoms with van der Waals surface area (Å²) in [6.45, 7) is 0. The van der Waals surface area contributed by atoms with Gasteiger partial charge in [-0.15, -0.1) is 0 Å². The fourth-order valence-corrected chi connectivity index (χ4v) is 3.35. The number of imidazole rings is 1. The van der Waals surface area contributed by atoms with Crippen molar-refractivity contribution in [1.82, 2.24) is 19.6 Å². The highest BCUT2D eigenvalue weighted by Crippen LogP contribution is 2.28. The Hall–Kier alpha value is -1.92. The molecule has 4 aromatic rings. The number of H-pyrrole nitrogens is 1. The van der Waals surface area contributed by atoms with Gasteiger partial charge in [0, 0.05) is 28.9 Å². The lowest BCUT2D eigenvalue weighted by Crippen LogP contribution is -1.80. The van der Waals surface area contributed by atoms with Gasteiger partial charge in [-0.2, -0.15) is 16.4 Å². The van der Waals surface area contributed by atoms with Gasteiger partial charge in [0.1, 0.15) is 5.01 Å². The zero-order valence-corrected chi connectivity index (χ0v) is 10.8. The van der Waals surface area contributed by atoms with Crippen LogP contribution in [0.2, 0.25) is 0 Å². The van der Waals surface area contributed by atoms with Gasteiger partial charge in [-0.25, -0.2) is 9.50 Å². The first-order valence-corrected chi connectivity index (χ1v) is 7.18. The third kappa shape index (κ3) is 1.50. The first-order chi connectivity index (χ1) is 8.90. The normalized spacial score (nSPS) is 11.3. The fourth-order valence-electron chi connectivity index (χ4n) is 1.82. The summed E-state index contributed by atoms with van der Waals surface area (Å²) in [6, 6.07) is 4.09. The molecule has 0 spiro atoms. The molecule has 0 unspecified atom stereocenters. The van der Waals surface area contributed by atoms with Crippen LogP contribution in [-0.2, 0) is 0 Å². The number of hydrogen-bond donors (Lipinski definition) is 1. The second-order valence-electron chi connectivity index (χ2n) is 3.87. The van der Waals surface area contributed by atoms with Crippen LogP contribution < -0.4 is 0 Å². The molecule has 0 aliphatic heterocycles. The minimum atomic E-state index is 0.924. The highest BCUT2D eigenvalue weighted by atomic mass is 32.1. The molecule has 0 bridgehead atoms. The predicted molar refractivity (Wildman–Crippen MR) is 74.0 cm³/mol. The smallest absolute Gasteiger partial charge is 0.213 e. The molecule has 0 aliphatic carbocycles. The molecular formula is C12H8N4S2. The third-order valence-corrected chi connectivity index (χ3v) is 4.36. The van der Waals surface area contributed by atoms with Gasteiger partial charge in [-0.05, 0) is 17.5 Å². The number of aromatic amines is 1. The number of nitrogens with one attached hydrogen (secondary N) is 1. The van der Waals surface area contributed by atoms with E-state index in [0.29, 0.717) is 0 Å². The van der Waals surface area contributed by atoms with Crippen LogP contribution in [0, 0.1) is 0 Å². The van der Waals surface area contributed by atoms with Crippen molar-refractivity contribution in [1.29, 1.82) is 0 Å². The Bertz CT molecular complexity index is 682. The summed E-state index contributed by atoms with van der Waals surface area (Å²) in [5, 5.41) is 9.68. The van der Waals surface area contributed by atoms with E-state index in [0.717, 1.165) is 26.8 Å². The molecule has 0 amide bonds. The molecule has 0 radical (unpaired) electrons. The maximum atomic E-state index is 4.60. The Kier molecular flexibility index (Phi) is 2.12. The molecule has 0 saturated heterocycles. The zero-order valence-electron chi connectivity index (χ0n) is 9.20. The highest BCUT2D eigenvalue weighted by Gasteiger charge is 2.11. The highest BCUT2D eigenvalue weighted by molar-refractivity contribution is 7.19. The first kappa shape index (κ1) is 10.0. The molecule has 4 nitrogen and oxygen atoms in total. The predicted octanol–water partition coefficient (Wildman–Crippen LogP) is 3.51. The molecule has 6 heteroatoms. The Morgan fingerprint density at radius 1 is 1.22 bits per heavy atom. The van der Waals surface area contributed by atoms with Crippen molar-refractivity contribution in [3.8, 4) is 21.8 Å². The van der Waals surface area contributed by atoms with Crippen LogP contribution in [0.4, 0.5) is 0 Å². The Morgan fingerprint density at radius 3 is 2.94 bits per heavy atom. The topological polar surface area (TPSA) is 46.0 Å². The number of nitrogens with zero attached hydrogens (tertiary/aromatic N) is 3. The monoisotopic (exact) mass is 272 g/mol. The van der Waals surface area contributed by atoms with Gasteiger partial charge in [0.2, 0.25) is 4.96 Å². The van der Waals surface area contributed by atoms with E-state index in [1.54, 1.807) is 22.7 Å². The summed E-state index contributed by atoms with van der Waals surface area (Å²) in [5.74, 6) is 0. The molecule has 0 aromatic carbocycles. The number of thiophene rings is 1.